The Hall–Kier alpha value is -1.26. The van der Waals surface area contributed by atoms with Gasteiger partial charge in [-0.2, -0.15) is 11.8 Å². The van der Waals surface area contributed by atoms with E-state index in [1.807, 2.05) is 4.90 Å². The number of nitrogens with one attached hydrogen (secondary N) is 1. The zero-order chi connectivity index (χ0) is 23.1. The summed E-state index contributed by atoms with van der Waals surface area (Å²) in [6.45, 7) is 13.7. The first kappa shape index (κ1) is 26.0. The van der Waals surface area contributed by atoms with Crippen molar-refractivity contribution in [3.05, 3.63) is 35.6 Å². The number of thioether (sulfide) groups is 1. The zero-order valence-corrected chi connectivity index (χ0v) is 21.0. The number of ether oxygens (including phenoxy) is 1. The molecule has 1 fully saturated rings. The van der Waals surface area contributed by atoms with E-state index in [4.69, 9.17) is 9.16 Å². The van der Waals surface area contributed by atoms with Crippen LogP contribution in [0.1, 0.15) is 31.1 Å². The Kier molecular flexibility index (Phi) is 9.26. The molecule has 0 saturated carbocycles. The third-order valence-corrected chi connectivity index (χ3v) is 11.7. The van der Waals surface area contributed by atoms with Crippen molar-refractivity contribution < 1.29 is 23.1 Å². The number of rotatable bonds is 10. The Labute approximate surface area is 190 Å². The van der Waals surface area contributed by atoms with Crippen LogP contribution in [0.3, 0.4) is 0 Å². The molecule has 1 aliphatic rings. The van der Waals surface area contributed by atoms with Crippen molar-refractivity contribution >= 4 is 32.3 Å². The molecule has 1 N–H and O–H groups in total. The van der Waals surface area contributed by atoms with Crippen LogP contribution in [0.2, 0.25) is 18.1 Å². The highest BCUT2D eigenvalue weighted by Crippen LogP contribution is 2.36. The highest BCUT2D eigenvalue weighted by molar-refractivity contribution is 7.99. The minimum absolute atomic E-state index is 0.140. The van der Waals surface area contributed by atoms with Crippen molar-refractivity contribution in [2.45, 2.75) is 44.6 Å². The summed E-state index contributed by atoms with van der Waals surface area (Å²) in [7, 11) is -1.83. The largest absolute Gasteiger partial charge is 0.416 e. The molecule has 1 aromatic rings. The highest BCUT2D eigenvalue weighted by atomic mass is 32.2. The van der Waals surface area contributed by atoms with E-state index in [2.05, 4.69) is 39.2 Å². The number of carbonyl (C=O) groups excluding carboxylic acids is 2. The molecule has 9 heteroatoms. The van der Waals surface area contributed by atoms with E-state index >= 15 is 0 Å². The fourth-order valence-electron chi connectivity index (χ4n) is 2.98. The van der Waals surface area contributed by atoms with Gasteiger partial charge >= 0.3 is 0 Å². The second-order valence-electron chi connectivity index (χ2n) is 9.26. The summed E-state index contributed by atoms with van der Waals surface area (Å²) in [5.74, 6) is 0.295. The highest BCUT2D eigenvalue weighted by Gasteiger charge is 2.40. The standard InChI is InChI=1S/C22H35FN2O4SSi/c1-21(2,3)31(4,5)29-14-15-30-17-22(16-26,25-10-12-28-13-11-25)24-20(27)18-6-8-19(23)9-7-18/h6-9,16H,10-15,17H2,1-5H3,(H,24,27)/t22-/m1/s1. The molecule has 0 spiro atoms. The van der Waals surface area contributed by atoms with Gasteiger partial charge in [-0.1, -0.05) is 20.8 Å². The van der Waals surface area contributed by atoms with Crippen LogP contribution in [-0.4, -0.2) is 75.5 Å². The lowest BCUT2D eigenvalue weighted by Gasteiger charge is -2.42. The van der Waals surface area contributed by atoms with Gasteiger partial charge in [-0.15, -0.1) is 0 Å². The number of benzene rings is 1. The molecule has 0 aliphatic carbocycles. The van der Waals surface area contributed by atoms with Gasteiger partial charge < -0.3 is 14.5 Å². The minimum atomic E-state index is -1.83. The van der Waals surface area contributed by atoms with E-state index in [0.717, 1.165) is 12.0 Å². The van der Waals surface area contributed by atoms with Crippen LogP contribution in [-0.2, 0) is 14.0 Å². The van der Waals surface area contributed by atoms with Crippen LogP contribution in [0.25, 0.3) is 0 Å². The van der Waals surface area contributed by atoms with Crippen LogP contribution < -0.4 is 5.32 Å². The van der Waals surface area contributed by atoms with E-state index in [1.54, 1.807) is 11.8 Å². The SMILES string of the molecule is CC(C)(C)[Si](C)(C)OCCSC[C@](C=O)(NC(=O)c1ccc(F)cc1)N1CCOCC1. The van der Waals surface area contributed by atoms with Crippen molar-refractivity contribution in [1.29, 1.82) is 0 Å². The second-order valence-corrected chi connectivity index (χ2v) is 15.2. The third-order valence-electron chi connectivity index (χ3n) is 6.03. The molecule has 1 aliphatic heterocycles. The summed E-state index contributed by atoms with van der Waals surface area (Å²) < 4.78 is 24.9. The van der Waals surface area contributed by atoms with E-state index in [0.29, 0.717) is 44.2 Å². The lowest BCUT2D eigenvalue weighted by molar-refractivity contribution is -0.122. The number of morpholine rings is 1. The van der Waals surface area contributed by atoms with Gasteiger partial charge in [0.2, 0.25) is 0 Å². The summed E-state index contributed by atoms with van der Waals surface area (Å²) in [6, 6.07) is 5.30. The van der Waals surface area contributed by atoms with Gasteiger partial charge in [0.1, 0.15) is 5.82 Å². The molecule has 1 aromatic carbocycles. The minimum Gasteiger partial charge on any atom is -0.416 e. The molecule has 174 valence electrons. The molecule has 0 radical (unpaired) electrons. The molecule has 0 aromatic heterocycles. The van der Waals surface area contributed by atoms with Crippen molar-refractivity contribution in [2.75, 3.05) is 44.4 Å². The molecular weight excluding hydrogens is 435 g/mol. The maximum absolute atomic E-state index is 13.2. The summed E-state index contributed by atoms with van der Waals surface area (Å²) in [5, 5.41) is 3.05. The number of hydrogen-bond donors (Lipinski definition) is 1. The normalized spacial score (nSPS) is 17.7. The van der Waals surface area contributed by atoms with Crippen molar-refractivity contribution in [2.24, 2.45) is 0 Å². The van der Waals surface area contributed by atoms with E-state index < -0.39 is 25.7 Å². The van der Waals surface area contributed by atoms with Crippen LogP contribution in [0.15, 0.2) is 24.3 Å². The van der Waals surface area contributed by atoms with Gasteiger partial charge in [0.25, 0.3) is 5.91 Å². The number of halogens is 1. The second kappa shape index (κ2) is 11.0. The van der Waals surface area contributed by atoms with Crippen LogP contribution in [0, 0.1) is 5.82 Å². The predicted octanol–water partition coefficient (Wildman–Crippen LogP) is 3.54. The Morgan fingerprint density at radius 1 is 1.26 bits per heavy atom. The van der Waals surface area contributed by atoms with E-state index in [1.165, 1.54) is 24.3 Å². The van der Waals surface area contributed by atoms with Gasteiger partial charge in [-0.25, -0.2) is 4.39 Å². The number of amides is 1. The smallest absolute Gasteiger partial charge is 0.253 e. The molecule has 31 heavy (non-hydrogen) atoms. The zero-order valence-electron chi connectivity index (χ0n) is 19.2. The lowest BCUT2D eigenvalue weighted by Crippen LogP contribution is -2.66. The molecule has 2 rings (SSSR count). The van der Waals surface area contributed by atoms with Gasteiger partial charge in [0, 0.05) is 36.8 Å². The van der Waals surface area contributed by atoms with Gasteiger partial charge in [-0.05, 0) is 42.4 Å². The Bertz CT molecular complexity index is 736. The number of hydrogen-bond acceptors (Lipinski definition) is 6. The molecule has 0 bridgehead atoms. The van der Waals surface area contributed by atoms with Crippen molar-refractivity contribution in [1.82, 2.24) is 10.2 Å². The fraction of sp³-hybridized carbons (Fsp3) is 0.636. The number of carbonyl (C=O) groups is 2. The Morgan fingerprint density at radius 2 is 1.87 bits per heavy atom. The fourth-order valence-corrected chi connectivity index (χ4v) is 5.15. The summed E-state index contributed by atoms with van der Waals surface area (Å²) >= 11 is 1.58. The summed E-state index contributed by atoms with van der Waals surface area (Å²) in [6.07, 6.45) is 0.807. The predicted molar refractivity (Wildman–Crippen MR) is 126 cm³/mol. The quantitative estimate of drug-likeness (QED) is 0.321. The number of aldehydes is 1. The Balaban J connectivity index is 2.04. The van der Waals surface area contributed by atoms with Gasteiger partial charge in [0.15, 0.2) is 20.3 Å². The maximum Gasteiger partial charge on any atom is 0.253 e. The molecule has 6 nitrogen and oxygen atoms in total. The van der Waals surface area contributed by atoms with Crippen LogP contribution >= 0.6 is 11.8 Å². The average Bonchev–Trinajstić information content (AvgIpc) is 2.72. The third kappa shape index (κ3) is 7.11. The average molecular weight is 471 g/mol. The molecule has 1 atom stereocenters. The molecule has 1 saturated heterocycles. The first-order chi connectivity index (χ1) is 14.5. The molecule has 1 heterocycles. The first-order valence-electron chi connectivity index (χ1n) is 10.6. The molecule has 0 unspecified atom stereocenters. The number of nitrogens with zero attached hydrogens (tertiary/aromatic N) is 1. The van der Waals surface area contributed by atoms with Crippen molar-refractivity contribution in [3.63, 3.8) is 0 Å². The maximum atomic E-state index is 13.2. The summed E-state index contributed by atoms with van der Waals surface area (Å²) in [5.41, 5.74) is -0.844. The first-order valence-corrected chi connectivity index (χ1v) is 14.7. The van der Waals surface area contributed by atoms with Gasteiger partial charge in [-0.3, -0.25) is 14.5 Å². The topological polar surface area (TPSA) is 67.9 Å². The summed E-state index contributed by atoms with van der Waals surface area (Å²) in [4.78, 5) is 27.1. The molecular formula is C22H35FN2O4SSi. The van der Waals surface area contributed by atoms with E-state index in [-0.39, 0.29) is 5.04 Å². The monoisotopic (exact) mass is 470 g/mol. The lowest BCUT2D eigenvalue weighted by atomic mass is 10.1. The van der Waals surface area contributed by atoms with Crippen molar-refractivity contribution in [3.8, 4) is 0 Å². The van der Waals surface area contributed by atoms with Gasteiger partial charge in [0.05, 0.1) is 13.2 Å². The van der Waals surface area contributed by atoms with Crippen LogP contribution in [0.4, 0.5) is 4.39 Å². The van der Waals surface area contributed by atoms with Crippen LogP contribution in [0.5, 0.6) is 0 Å². The Morgan fingerprint density at radius 3 is 2.42 bits per heavy atom. The molecule has 1 amide bonds. The van der Waals surface area contributed by atoms with E-state index in [9.17, 15) is 14.0 Å².